The van der Waals surface area contributed by atoms with Gasteiger partial charge in [0.15, 0.2) is 0 Å². The van der Waals surface area contributed by atoms with Crippen molar-refractivity contribution in [2.45, 2.75) is 11.8 Å². The lowest BCUT2D eigenvalue weighted by Gasteiger charge is -2.05. The lowest BCUT2D eigenvalue weighted by molar-refractivity contribution is 0.598. The Balaban J connectivity index is 2.21. The van der Waals surface area contributed by atoms with E-state index in [1.807, 2.05) is 30.3 Å². The Labute approximate surface area is 112 Å². The molecule has 0 heterocycles. The lowest BCUT2D eigenvalue weighted by Crippen LogP contribution is -2.10. The van der Waals surface area contributed by atoms with Gasteiger partial charge in [-0.25, -0.2) is 0 Å². The van der Waals surface area contributed by atoms with Crippen LogP contribution in [0.25, 0.3) is 0 Å². The van der Waals surface area contributed by atoms with Crippen LogP contribution in [0.3, 0.4) is 0 Å². The molecule has 2 aromatic carbocycles. The second kappa shape index (κ2) is 5.67. The minimum Gasteiger partial charge on any atom is -0.343 e. The number of sulfonamides is 1. The number of hydrogen-bond acceptors (Lipinski definition) is 2. The average molecular weight is 274 g/mol. The first-order chi connectivity index (χ1) is 9.08. The quantitative estimate of drug-likeness (QED) is 0.691. The van der Waals surface area contributed by atoms with Gasteiger partial charge in [-0.2, -0.15) is 8.42 Å². The molecule has 0 radical (unpaired) electrons. The molecule has 0 aliphatic carbocycles. The standard InChI is InChI=1S/C14H14N2O2S/c1-12(15-13-8-4-2-5-9-13)16-19(17,18)14-10-6-3-7-11-14/h2-11H,1H3,(H,15,16). The number of hydrogen-bond donors (Lipinski definition) is 1. The largest absolute Gasteiger partial charge is 0.343 e. The van der Waals surface area contributed by atoms with Gasteiger partial charge in [-0.3, -0.25) is 0 Å². The summed E-state index contributed by atoms with van der Waals surface area (Å²) in [5.41, 5.74) is 0.798. The molecule has 19 heavy (non-hydrogen) atoms. The molecule has 0 amide bonds. The van der Waals surface area contributed by atoms with Crippen LogP contribution in [0.5, 0.6) is 0 Å². The summed E-state index contributed by atoms with van der Waals surface area (Å²) >= 11 is 0. The van der Waals surface area contributed by atoms with Crippen molar-refractivity contribution in [1.82, 2.24) is 0 Å². The zero-order chi connectivity index (χ0) is 13.7. The van der Waals surface area contributed by atoms with Crippen LogP contribution in [-0.4, -0.2) is 14.3 Å². The van der Waals surface area contributed by atoms with E-state index >= 15 is 0 Å². The Hall–Kier alpha value is -2.14. The van der Waals surface area contributed by atoms with Gasteiger partial charge in [-0.1, -0.05) is 36.4 Å². The summed E-state index contributed by atoms with van der Waals surface area (Å²) in [5.74, 6) is 0.329. The van der Waals surface area contributed by atoms with Crippen molar-refractivity contribution in [3.8, 4) is 0 Å². The summed E-state index contributed by atoms with van der Waals surface area (Å²) in [6.07, 6.45) is 0. The van der Waals surface area contributed by atoms with Gasteiger partial charge in [0.1, 0.15) is 5.84 Å². The molecular weight excluding hydrogens is 260 g/mol. The van der Waals surface area contributed by atoms with Gasteiger partial charge < -0.3 is 5.32 Å². The molecule has 0 bridgehead atoms. The maximum Gasteiger partial charge on any atom is 0.283 e. The SMILES string of the molecule is C/C(=N/S(=O)(=O)c1ccccc1)Nc1ccccc1. The first kappa shape index (κ1) is 13.3. The predicted molar refractivity (Wildman–Crippen MR) is 76.8 cm³/mol. The Morgan fingerprint density at radius 3 is 2.05 bits per heavy atom. The molecule has 0 saturated heterocycles. The van der Waals surface area contributed by atoms with Crippen LogP contribution in [-0.2, 0) is 10.0 Å². The number of rotatable bonds is 3. The van der Waals surface area contributed by atoms with Crippen LogP contribution in [0, 0.1) is 0 Å². The highest BCUT2D eigenvalue weighted by molar-refractivity contribution is 7.90. The second-order valence-corrected chi connectivity index (χ2v) is 5.56. The maximum atomic E-state index is 12.0. The van der Waals surface area contributed by atoms with Gasteiger partial charge >= 0.3 is 0 Å². The van der Waals surface area contributed by atoms with Gasteiger partial charge in [-0.05, 0) is 31.2 Å². The second-order valence-electron chi connectivity index (χ2n) is 3.96. The van der Waals surface area contributed by atoms with E-state index in [9.17, 15) is 8.42 Å². The maximum absolute atomic E-state index is 12.0. The van der Waals surface area contributed by atoms with E-state index in [1.165, 1.54) is 12.1 Å². The van der Waals surface area contributed by atoms with Gasteiger partial charge in [-0.15, -0.1) is 4.40 Å². The molecule has 2 rings (SSSR count). The number of nitrogens with one attached hydrogen (secondary N) is 1. The lowest BCUT2D eigenvalue weighted by atomic mass is 10.3. The van der Waals surface area contributed by atoms with Crippen molar-refractivity contribution in [3.05, 3.63) is 60.7 Å². The Morgan fingerprint density at radius 1 is 0.947 bits per heavy atom. The minimum atomic E-state index is -3.65. The molecule has 0 aliphatic heterocycles. The third-order valence-corrected chi connectivity index (χ3v) is 3.78. The fourth-order valence-electron chi connectivity index (χ4n) is 1.58. The summed E-state index contributed by atoms with van der Waals surface area (Å²) in [5, 5.41) is 2.94. The van der Waals surface area contributed by atoms with Gasteiger partial charge in [0, 0.05) is 5.69 Å². The van der Waals surface area contributed by atoms with E-state index in [2.05, 4.69) is 9.71 Å². The molecule has 4 nitrogen and oxygen atoms in total. The summed E-state index contributed by atoms with van der Waals surface area (Å²) in [4.78, 5) is 0.184. The van der Waals surface area contributed by atoms with Crippen molar-refractivity contribution in [2.24, 2.45) is 4.40 Å². The fraction of sp³-hybridized carbons (Fsp3) is 0.0714. The molecule has 1 N–H and O–H groups in total. The number of nitrogens with zero attached hydrogens (tertiary/aromatic N) is 1. The van der Waals surface area contributed by atoms with E-state index in [1.54, 1.807) is 25.1 Å². The van der Waals surface area contributed by atoms with E-state index in [-0.39, 0.29) is 4.90 Å². The molecule has 0 aliphatic rings. The molecular formula is C14H14N2O2S. The Morgan fingerprint density at radius 2 is 1.47 bits per heavy atom. The fourth-order valence-corrected chi connectivity index (χ4v) is 2.59. The first-order valence-corrected chi connectivity index (χ1v) is 7.21. The monoisotopic (exact) mass is 274 g/mol. The molecule has 0 aromatic heterocycles. The number of para-hydroxylation sites is 1. The normalized spacial score (nSPS) is 12.2. The topological polar surface area (TPSA) is 58.5 Å². The zero-order valence-electron chi connectivity index (χ0n) is 10.4. The van der Waals surface area contributed by atoms with Gasteiger partial charge in [0.05, 0.1) is 4.90 Å². The van der Waals surface area contributed by atoms with Crippen molar-refractivity contribution in [1.29, 1.82) is 0 Å². The van der Waals surface area contributed by atoms with E-state index < -0.39 is 10.0 Å². The van der Waals surface area contributed by atoms with Crippen LogP contribution >= 0.6 is 0 Å². The molecule has 0 atom stereocenters. The molecule has 2 aromatic rings. The third-order valence-electron chi connectivity index (χ3n) is 2.40. The first-order valence-electron chi connectivity index (χ1n) is 5.77. The molecule has 5 heteroatoms. The highest BCUT2D eigenvalue weighted by Crippen LogP contribution is 2.12. The van der Waals surface area contributed by atoms with Crippen LogP contribution in [0.2, 0.25) is 0 Å². The van der Waals surface area contributed by atoms with E-state index in [0.717, 1.165) is 5.69 Å². The highest BCUT2D eigenvalue weighted by atomic mass is 32.2. The Kier molecular flexibility index (Phi) is 3.97. The number of benzene rings is 2. The van der Waals surface area contributed by atoms with Crippen LogP contribution in [0.15, 0.2) is 70.0 Å². The highest BCUT2D eigenvalue weighted by Gasteiger charge is 2.12. The third kappa shape index (κ3) is 3.66. The minimum absolute atomic E-state index is 0.184. The summed E-state index contributed by atoms with van der Waals surface area (Å²) in [6.45, 7) is 1.62. The molecule has 98 valence electrons. The van der Waals surface area contributed by atoms with Crippen molar-refractivity contribution >= 4 is 21.5 Å². The Bertz CT molecular complexity index is 665. The van der Waals surface area contributed by atoms with Crippen LogP contribution in [0.4, 0.5) is 5.69 Å². The number of anilines is 1. The molecule has 0 spiro atoms. The van der Waals surface area contributed by atoms with E-state index in [4.69, 9.17) is 0 Å². The molecule has 0 fully saturated rings. The number of amidine groups is 1. The van der Waals surface area contributed by atoms with Gasteiger partial charge in [0.25, 0.3) is 10.0 Å². The van der Waals surface area contributed by atoms with E-state index in [0.29, 0.717) is 5.84 Å². The zero-order valence-corrected chi connectivity index (χ0v) is 11.3. The van der Waals surface area contributed by atoms with Gasteiger partial charge in [0.2, 0.25) is 0 Å². The van der Waals surface area contributed by atoms with Crippen LogP contribution in [0.1, 0.15) is 6.92 Å². The summed E-state index contributed by atoms with van der Waals surface area (Å²) < 4.78 is 27.8. The van der Waals surface area contributed by atoms with Crippen molar-refractivity contribution in [2.75, 3.05) is 5.32 Å². The molecule has 0 unspecified atom stereocenters. The smallest absolute Gasteiger partial charge is 0.283 e. The summed E-state index contributed by atoms with van der Waals surface area (Å²) in [6, 6.07) is 17.4. The average Bonchev–Trinajstić information content (AvgIpc) is 2.40. The van der Waals surface area contributed by atoms with Crippen LogP contribution < -0.4 is 5.32 Å². The predicted octanol–water partition coefficient (Wildman–Crippen LogP) is 2.91. The summed E-state index contributed by atoms with van der Waals surface area (Å²) in [7, 11) is -3.65. The molecule has 0 saturated carbocycles. The van der Waals surface area contributed by atoms with Crippen molar-refractivity contribution in [3.63, 3.8) is 0 Å². The van der Waals surface area contributed by atoms with Crippen molar-refractivity contribution < 1.29 is 8.42 Å².